The van der Waals surface area contributed by atoms with Crippen molar-refractivity contribution in [1.82, 2.24) is 5.32 Å². The van der Waals surface area contributed by atoms with Crippen molar-refractivity contribution in [3.8, 4) is 0 Å². The van der Waals surface area contributed by atoms with Gasteiger partial charge in [0.25, 0.3) is 0 Å². The van der Waals surface area contributed by atoms with Gasteiger partial charge < -0.3 is 5.32 Å². The van der Waals surface area contributed by atoms with Crippen LogP contribution in [0, 0.1) is 0 Å². The number of nitrogens with one attached hydrogen (secondary N) is 1. The SMILES string of the molecule is Cl.O=C(CNC1CCCCC1)c1ccccc1. The Morgan fingerprint density at radius 3 is 2.41 bits per heavy atom. The molecule has 0 heterocycles. The maximum Gasteiger partial charge on any atom is 0.176 e. The second kappa shape index (κ2) is 7.46. The number of hydrogen-bond donors (Lipinski definition) is 1. The van der Waals surface area contributed by atoms with E-state index in [1.165, 1.54) is 32.1 Å². The summed E-state index contributed by atoms with van der Waals surface area (Å²) < 4.78 is 0. The molecule has 0 unspecified atom stereocenters. The summed E-state index contributed by atoms with van der Waals surface area (Å²) in [6.45, 7) is 0.481. The predicted octanol–water partition coefficient (Wildman–Crippen LogP) is 3.21. The zero-order valence-electron chi connectivity index (χ0n) is 10.0. The fourth-order valence-corrected chi connectivity index (χ4v) is 2.27. The van der Waals surface area contributed by atoms with Gasteiger partial charge in [0.1, 0.15) is 0 Å². The Morgan fingerprint density at radius 1 is 1.12 bits per heavy atom. The Kier molecular flexibility index (Phi) is 6.23. The molecule has 1 saturated carbocycles. The first kappa shape index (κ1) is 14.2. The average Bonchev–Trinajstić information content (AvgIpc) is 2.38. The van der Waals surface area contributed by atoms with Gasteiger partial charge in [-0.2, -0.15) is 0 Å². The summed E-state index contributed by atoms with van der Waals surface area (Å²) in [5, 5.41) is 3.37. The molecule has 0 bridgehead atoms. The number of Topliss-reactive ketones (excluding diaryl/α,β-unsaturated/α-hetero) is 1. The molecule has 94 valence electrons. The third-order valence-corrected chi connectivity index (χ3v) is 3.25. The van der Waals surface area contributed by atoms with Crippen molar-refractivity contribution in [2.45, 2.75) is 38.1 Å². The number of hydrogen-bond acceptors (Lipinski definition) is 2. The summed E-state index contributed by atoms with van der Waals surface area (Å²) in [6.07, 6.45) is 6.41. The first-order chi connectivity index (χ1) is 7.86. The van der Waals surface area contributed by atoms with E-state index in [9.17, 15) is 4.79 Å². The molecule has 1 aromatic rings. The second-order valence-electron chi connectivity index (χ2n) is 4.51. The van der Waals surface area contributed by atoms with Crippen LogP contribution in [0.2, 0.25) is 0 Å². The predicted molar refractivity (Wildman–Crippen MR) is 72.9 cm³/mol. The Morgan fingerprint density at radius 2 is 1.76 bits per heavy atom. The van der Waals surface area contributed by atoms with Gasteiger partial charge in [-0.15, -0.1) is 12.4 Å². The van der Waals surface area contributed by atoms with Crippen LogP contribution in [-0.4, -0.2) is 18.4 Å². The highest BCUT2D eigenvalue weighted by Gasteiger charge is 2.14. The lowest BCUT2D eigenvalue weighted by Gasteiger charge is -2.22. The molecule has 0 saturated heterocycles. The molecule has 1 fully saturated rings. The minimum Gasteiger partial charge on any atom is -0.307 e. The third kappa shape index (κ3) is 4.49. The maximum atomic E-state index is 11.8. The summed E-state index contributed by atoms with van der Waals surface area (Å²) in [7, 11) is 0. The number of benzene rings is 1. The van der Waals surface area contributed by atoms with Crippen molar-refractivity contribution >= 4 is 18.2 Å². The number of ketones is 1. The molecule has 17 heavy (non-hydrogen) atoms. The smallest absolute Gasteiger partial charge is 0.176 e. The Labute approximate surface area is 109 Å². The molecule has 1 N–H and O–H groups in total. The highest BCUT2D eigenvalue weighted by atomic mass is 35.5. The normalized spacial score (nSPS) is 16.2. The van der Waals surface area contributed by atoms with Gasteiger partial charge in [0.15, 0.2) is 5.78 Å². The summed E-state index contributed by atoms with van der Waals surface area (Å²) in [6, 6.07) is 10.1. The van der Waals surface area contributed by atoms with Gasteiger partial charge in [0.2, 0.25) is 0 Å². The molecule has 1 aliphatic carbocycles. The van der Waals surface area contributed by atoms with Gasteiger partial charge in [-0.05, 0) is 12.8 Å². The van der Waals surface area contributed by atoms with Crippen LogP contribution < -0.4 is 5.32 Å². The van der Waals surface area contributed by atoms with Crippen LogP contribution in [0.5, 0.6) is 0 Å². The number of carbonyl (C=O) groups is 1. The van der Waals surface area contributed by atoms with Crippen LogP contribution in [0.3, 0.4) is 0 Å². The van der Waals surface area contributed by atoms with E-state index in [-0.39, 0.29) is 18.2 Å². The molecule has 1 aromatic carbocycles. The standard InChI is InChI=1S/C14H19NO.ClH/c16-14(12-7-3-1-4-8-12)11-15-13-9-5-2-6-10-13;/h1,3-4,7-8,13,15H,2,5-6,9-11H2;1H. The molecular weight excluding hydrogens is 234 g/mol. The van der Waals surface area contributed by atoms with E-state index in [0.717, 1.165) is 5.56 Å². The highest BCUT2D eigenvalue weighted by Crippen LogP contribution is 2.17. The van der Waals surface area contributed by atoms with E-state index in [2.05, 4.69) is 5.32 Å². The van der Waals surface area contributed by atoms with Gasteiger partial charge in [-0.3, -0.25) is 4.79 Å². The van der Waals surface area contributed by atoms with Gasteiger partial charge >= 0.3 is 0 Å². The monoisotopic (exact) mass is 253 g/mol. The van der Waals surface area contributed by atoms with Gasteiger partial charge in [0, 0.05) is 11.6 Å². The van der Waals surface area contributed by atoms with Crippen LogP contribution in [0.15, 0.2) is 30.3 Å². The van der Waals surface area contributed by atoms with E-state index in [4.69, 9.17) is 0 Å². The Balaban J connectivity index is 0.00000144. The number of rotatable bonds is 4. The van der Waals surface area contributed by atoms with Crippen LogP contribution >= 0.6 is 12.4 Å². The molecule has 0 radical (unpaired) electrons. The largest absolute Gasteiger partial charge is 0.307 e. The molecule has 0 aliphatic heterocycles. The van der Waals surface area contributed by atoms with Crippen LogP contribution in [0.4, 0.5) is 0 Å². The van der Waals surface area contributed by atoms with Gasteiger partial charge in [-0.1, -0.05) is 49.6 Å². The van der Waals surface area contributed by atoms with E-state index < -0.39 is 0 Å². The minimum absolute atomic E-state index is 0. The Bertz CT molecular complexity index is 333. The zero-order valence-corrected chi connectivity index (χ0v) is 10.8. The minimum atomic E-state index is 0. The third-order valence-electron chi connectivity index (χ3n) is 3.25. The summed E-state index contributed by atoms with van der Waals surface area (Å²) in [4.78, 5) is 11.8. The van der Waals surface area contributed by atoms with Crippen LogP contribution in [-0.2, 0) is 0 Å². The molecule has 0 aromatic heterocycles. The van der Waals surface area contributed by atoms with Crippen LogP contribution in [0.1, 0.15) is 42.5 Å². The molecule has 2 nitrogen and oxygen atoms in total. The fraction of sp³-hybridized carbons (Fsp3) is 0.500. The van der Waals surface area contributed by atoms with Crippen molar-refractivity contribution in [2.75, 3.05) is 6.54 Å². The average molecular weight is 254 g/mol. The second-order valence-corrected chi connectivity index (χ2v) is 4.51. The first-order valence-electron chi connectivity index (χ1n) is 6.18. The summed E-state index contributed by atoms with van der Waals surface area (Å²) in [5.74, 6) is 0.200. The lowest BCUT2D eigenvalue weighted by molar-refractivity contribution is 0.0985. The highest BCUT2D eigenvalue weighted by molar-refractivity contribution is 5.97. The lowest BCUT2D eigenvalue weighted by Crippen LogP contribution is -2.35. The van der Waals surface area contributed by atoms with Gasteiger partial charge in [-0.25, -0.2) is 0 Å². The quantitative estimate of drug-likeness (QED) is 0.835. The van der Waals surface area contributed by atoms with Crippen molar-refractivity contribution in [1.29, 1.82) is 0 Å². The molecule has 0 spiro atoms. The molecule has 1 aliphatic rings. The van der Waals surface area contributed by atoms with Crippen molar-refractivity contribution in [3.05, 3.63) is 35.9 Å². The first-order valence-corrected chi connectivity index (χ1v) is 6.18. The zero-order chi connectivity index (χ0) is 11.2. The van der Waals surface area contributed by atoms with Crippen molar-refractivity contribution < 1.29 is 4.79 Å². The van der Waals surface area contributed by atoms with Crippen molar-refractivity contribution in [3.63, 3.8) is 0 Å². The Hall–Kier alpha value is -0.860. The van der Waals surface area contributed by atoms with E-state index in [1.807, 2.05) is 30.3 Å². The van der Waals surface area contributed by atoms with E-state index >= 15 is 0 Å². The molecule has 3 heteroatoms. The lowest BCUT2D eigenvalue weighted by atomic mass is 9.95. The molecule has 0 amide bonds. The van der Waals surface area contributed by atoms with E-state index in [0.29, 0.717) is 12.6 Å². The summed E-state index contributed by atoms with van der Waals surface area (Å²) in [5.41, 5.74) is 0.811. The van der Waals surface area contributed by atoms with Crippen molar-refractivity contribution in [2.24, 2.45) is 0 Å². The maximum absolute atomic E-state index is 11.8. The topological polar surface area (TPSA) is 29.1 Å². The molecule has 0 atom stereocenters. The van der Waals surface area contributed by atoms with E-state index in [1.54, 1.807) is 0 Å². The number of carbonyl (C=O) groups excluding carboxylic acids is 1. The molecule has 2 rings (SSSR count). The fourth-order valence-electron chi connectivity index (χ4n) is 2.27. The summed E-state index contributed by atoms with van der Waals surface area (Å²) >= 11 is 0. The van der Waals surface area contributed by atoms with Crippen LogP contribution in [0.25, 0.3) is 0 Å². The number of halogens is 1. The molecular formula is C14H20ClNO. The van der Waals surface area contributed by atoms with Gasteiger partial charge in [0.05, 0.1) is 6.54 Å².